The highest BCUT2D eigenvalue weighted by Crippen LogP contribution is 2.28. The van der Waals surface area contributed by atoms with Gasteiger partial charge in [-0.05, 0) is 42.2 Å². The van der Waals surface area contributed by atoms with E-state index in [2.05, 4.69) is 22.0 Å². The van der Waals surface area contributed by atoms with Gasteiger partial charge in [0.25, 0.3) is 0 Å². The molecule has 0 aliphatic carbocycles. The van der Waals surface area contributed by atoms with Gasteiger partial charge < -0.3 is 14.6 Å². The predicted octanol–water partition coefficient (Wildman–Crippen LogP) is 4.35. The molecule has 1 aliphatic heterocycles. The predicted molar refractivity (Wildman–Crippen MR) is 107 cm³/mol. The average Bonchev–Trinajstić information content (AvgIpc) is 3.06. The van der Waals surface area contributed by atoms with Crippen LogP contribution in [0.15, 0.2) is 60.3 Å². The first kappa shape index (κ1) is 18.3. The van der Waals surface area contributed by atoms with E-state index < -0.39 is 0 Å². The smallest absolute Gasteiger partial charge is 0.335 e. The molecule has 3 aromatic rings. The van der Waals surface area contributed by atoms with Gasteiger partial charge in [-0.1, -0.05) is 30.3 Å². The number of carbonyl (C=O) groups excluding carboxylic acids is 1. The molecule has 0 radical (unpaired) electrons. The van der Waals surface area contributed by atoms with Crippen LogP contribution >= 0.6 is 0 Å². The first-order chi connectivity index (χ1) is 13.6. The molecule has 1 aromatic heterocycles. The lowest BCUT2D eigenvalue weighted by atomic mass is 10.0. The van der Waals surface area contributed by atoms with Crippen molar-refractivity contribution < 1.29 is 13.9 Å². The summed E-state index contributed by atoms with van der Waals surface area (Å²) in [6, 6.07) is 15.0. The van der Waals surface area contributed by atoms with Crippen molar-refractivity contribution in [1.82, 2.24) is 9.88 Å². The standard InChI is InChI=1S/C23H23FN2O2/c1-28-23(27)17-12-22-19(20-13-18(24)9-10-21(20)25-22)8-5-11-26(15-17)14-16-6-3-2-4-7-16/h2-4,6-7,9-10,13,15,25H,5,8,11-12,14H2,1H3/b17-15+. The van der Waals surface area contributed by atoms with Crippen LogP contribution in [0.4, 0.5) is 4.39 Å². The number of hydrogen-bond donors (Lipinski definition) is 1. The molecule has 0 spiro atoms. The summed E-state index contributed by atoms with van der Waals surface area (Å²) in [4.78, 5) is 18.0. The van der Waals surface area contributed by atoms with Crippen LogP contribution in [0.5, 0.6) is 0 Å². The fraction of sp³-hybridized carbons (Fsp3) is 0.261. The van der Waals surface area contributed by atoms with Gasteiger partial charge in [-0.25, -0.2) is 9.18 Å². The van der Waals surface area contributed by atoms with Gasteiger partial charge in [0.15, 0.2) is 0 Å². The maximum Gasteiger partial charge on any atom is 0.335 e. The molecule has 28 heavy (non-hydrogen) atoms. The number of H-pyrrole nitrogens is 1. The van der Waals surface area contributed by atoms with Crippen molar-refractivity contribution in [3.63, 3.8) is 0 Å². The monoisotopic (exact) mass is 378 g/mol. The number of nitrogens with one attached hydrogen (secondary N) is 1. The van der Waals surface area contributed by atoms with Crippen LogP contribution in [-0.4, -0.2) is 29.5 Å². The normalized spacial score (nSPS) is 16.5. The second-order valence-corrected chi connectivity index (χ2v) is 7.15. The molecule has 5 heteroatoms. The zero-order valence-corrected chi connectivity index (χ0v) is 15.9. The van der Waals surface area contributed by atoms with Gasteiger partial charge in [0.2, 0.25) is 0 Å². The number of halogens is 1. The molecule has 1 aliphatic rings. The quantitative estimate of drug-likeness (QED) is 0.689. The fourth-order valence-electron chi connectivity index (χ4n) is 3.89. The minimum atomic E-state index is -0.337. The van der Waals surface area contributed by atoms with Crippen LogP contribution in [0.25, 0.3) is 10.9 Å². The molecular weight excluding hydrogens is 355 g/mol. The number of benzene rings is 2. The Morgan fingerprint density at radius 1 is 1.21 bits per heavy atom. The number of carbonyl (C=O) groups is 1. The minimum Gasteiger partial charge on any atom is -0.466 e. The number of hydrogen-bond acceptors (Lipinski definition) is 3. The molecule has 4 rings (SSSR count). The van der Waals surface area contributed by atoms with Gasteiger partial charge in [0.05, 0.1) is 12.7 Å². The van der Waals surface area contributed by atoms with E-state index in [9.17, 15) is 9.18 Å². The Morgan fingerprint density at radius 2 is 2.04 bits per heavy atom. The summed E-state index contributed by atoms with van der Waals surface area (Å²) in [5.41, 5.74) is 4.73. The number of nitrogens with zero attached hydrogens (tertiary/aromatic N) is 1. The van der Waals surface area contributed by atoms with Gasteiger partial charge in [-0.15, -0.1) is 0 Å². The zero-order chi connectivity index (χ0) is 19.5. The van der Waals surface area contributed by atoms with Crippen molar-refractivity contribution in [1.29, 1.82) is 0 Å². The van der Waals surface area contributed by atoms with Gasteiger partial charge in [-0.3, -0.25) is 0 Å². The van der Waals surface area contributed by atoms with Crippen LogP contribution in [-0.2, 0) is 28.9 Å². The Labute approximate surface area is 163 Å². The van der Waals surface area contributed by atoms with Crippen molar-refractivity contribution >= 4 is 16.9 Å². The molecule has 1 N–H and O–H groups in total. The Morgan fingerprint density at radius 3 is 2.82 bits per heavy atom. The number of aromatic nitrogens is 1. The molecule has 0 amide bonds. The van der Waals surface area contributed by atoms with Crippen LogP contribution < -0.4 is 0 Å². The first-order valence-electron chi connectivity index (χ1n) is 9.50. The summed E-state index contributed by atoms with van der Waals surface area (Å²) < 4.78 is 18.8. The van der Waals surface area contributed by atoms with E-state index in [1.165, 1.54) is 18.7 Å². The molecule has 0 unspecified atom stereocenters. The number of aromatic amines is 1. The van der Waals surface area contributed by atoms with Crippen LogP contribution in [0.1, 0.15) is 23.2 Å². The van der Waals surface area contributed by atoms with Crippen LogP contribution in [0.2, 0.25) is 0 Å². The number of ether oxygens (including phenoxy) is 1. The summed E-state index contributed by atoms with van der Waals surface area (Å²) in [6.45, 7) is 1.53. The molecule has 0 saturated carbocycles. The van der Waals surface area contributed by atoms with E-state index in [0.717, 1.165) is 48.1 Å². The Bertz CT molecular complexity index is 1020. The summed E-state index contributed by atoms with van der Waals surface area (Å²) in [6.07, 6.45) is 4.09. The van der Waals surface area contributed by atoms with Crippen molar-refractivity contribution in [2.75, 3.05) is 13.7 Å². The summed E-state index contributed by atoms with van der Waals surface area (Å²) in [7, 11) is 1.40. The number of esters is 1. The lowest BCUT2D eigenvalue weighted by Gasteiger charge is -2.21. The molecular formula is C23H23FN2O2. The first-order valence-corrected chi connectivity index (χ1v) is 9.50. The van der Waals surface area contributed by atoms with E-state index in [1.54, 1.807) is 12.1 Å². The second kappa shape index (κ2) is 7.89. The summed E-state index contributed by atoms with van der Waals surface area (Å²) >= 11 is 0. The maximum absolute atomic E-state index is 13.8. The van der Waals surface area contributed by atoms with E-state index >= 15 is 0 Å². The SMILES string of the molecule is COC(=O)/C1=C/N(Cc2ccccc2)CCCc2c([nH]c3ccc(F)cc23)C1. The average molecular weight is 378 g/mol. The molecule has 2 heterocycles. The highest BCUT2D eigenvalue weighted by molar-refractivity contribution is 5.90. The number of rotatable bonds is 3. The van der Waals surface area contributed by atoms with Crippen molar-refractivity contribution in [2.24, 2.45) is 0 Å². The lowest BCUT2D eigenvalue weighted by Crippen LogP contribution is -2.21. The van der Waals surface area contributed by atoms with E-state index in [-0.39, 0.29) is 11.8 Å². The molecule has 2 aromatic carbocycles. The molecule has 0 bridgehead atoms. The number of aryl methyl sites for hydroxylation is 1. The van der Waals surface area contributed by atoms with Gasteiger partial charge in [-0.2, -0.15) is 0 Å². The van der Waals surface area contributed by atoms with Crippen LogP contribution in [0, 0.1) is 5.82 Å². The highest BCUT2D eigenvalue weighted by Gasteiger charge is 2.20. The molecule has 0 fully saturated rings. The van der Waals surface area contributed by atoms with Crippen molar-refractivity contribution in [3.05, 3.63) is 82.9 Å². The highest BCUT2D eigenvalue weighted by atomic mass is 19.1. The topological polar surface area (TPSA) is 45.3 Å². The van der Waals surface area contributed by atoms with Gasteiger partial charge in [0.1, 0.15) is 5.82 Å². The largest absolute Gasteiger partial charge is 0.466 e. The molecule has 144 valence electrons. The second-order valence-electron chi connectivity index (χ2n) is 7.15. The molecule has 4 nitrogen and oxygen atoms in total. The summed E-state index contributed by atoms with van der Waals surface area (Å²) in [5.74, 6) is -0.584. The minimum absolute atomic E-state index is 0.247. The van der Waals surface area contributed by atoms with E-state index in [1.807, 2.05) is 24.4 Å². The molecule has 0 saturated heterocycles. The number of methoxy groups -OCH3 is 1. The van der Waals surface area contributed by atoms with Crippen LogP contribution in [0.3, 0.4) is 0 Å². The zero-order valence-electron chi connectivity index (χ0n) is 15.9. The Kier molecular flexibility index (Phi) is 5.15. The third kappa shape index (κ3) is 3.79. The molecule has 0 atom stereocenters. The maximum atomic E-state index is 13.8. The van der Waals surface area contributed by atoms with E-state index in [0.29, 0.717) is 12.0 Å². The van der Waals surface area contributed by atoms with E-state index in [4.69, 9.17) is 4.74 Å². The van der Waals surface area contributed by atoms with Gasteiger partial charge >= 0.3 is 5.97 Å². The third-order valence-corrected chi connectivity index (χ3v) is 5.21. The Balaban J connectivity index is 1.70. The fourth-order valence-corrected chi connectivity index (χ4v) is 3.89. The van der Waals surface area contributed by atoms with Crippen molar-refractivity contribution in [2.45, 2.75) is 25.8 Å². The summed E-state index contributed by atoms with van der Waals surface area (Å²) in [5, 5.41) is 0.899. The van der Waals surface area contributed by atoms with Gasteiger partial charge in [0, 0.05) is 42.3 Å². The van der Waals surface area contributed by atoms with Crippen molar-refractivity contribution in [3.8, 4) is 0 Å². The lowest BCUT2D eigenvalue weighted by molar-refractivity contribution is -0.136. The number of fused-ring (bicyclic) bond motifs is 3. The third-order valence-electron chi connectivity index (χ3n) is 5.21. The Hall–Kier alpha value is -3.08.